The standard InChI is InChI=1S/C19H29NO/c1-3-5-6-12-9-14-10-15(12)16-13-7-8-18(4-2,11-13)19(14,16)17(20)21/h7-8,12-16H,3-6,9-11H2,1-2H3,(H2,20,21). The van der Waals surface area contributed by atoms with Crippen molar-refractivity contribution in [3.8, 4) is 0 Å². The van der Waals surface area contributed by atoms with Crippen LogP contribution in [0.3, 0.4) is 0 Å². The summed E-state index contributed by atoms with van der Waals surface area (Å²) in [6.45, 7) is 4.55. The molecule has 4 bridgehead atoms. The molecule has 2 nitrogen and oxygen atoms in total. The molecule has 0 aromatic rings. The molecule has 0 aromatic heterocycles. The molecule has 4 aliphatic carbocycles. The number of hydrogen-bond acceptors (Lipinski definition) is 1. The number of allylic oxidation sites excluding steroid dienone is 2. The van der Waals surface area contributed by atoms with Crippen molar-refractivity contribution in [1.82, 2.24) is 0 Å². The second-order valence-electron chi connectivity index (χ2n) is 8.23. The minimum Gasteiger partial charge on any atom is -0.369 e. The minimum absolute atomic E-state index is 0.0302. The zero-order valence-corrected chi connectivity index (χ0v) is 13.5. The topological polar surface area (TPSA) is 43.1 Å². The average molecular weight is 287 g/mol. The van der Waals surface area contributed by atoms with Crippen molar-refractivity contribution < 1.29 is 4.79 Å². The Morgan fingerprint density at radius 2 is 2.14 bits per heavy atom. The summed E-state index contributed by atoms with van der Waals surface area (Å²) in [4.78, 5) is 12.7. The van der Waals surface area contributed by atoms with E-state index in [-0.39, 0.29) is 16.7 Å². The highest BCUT2D eigenvalue weighted by molar-refractivity contribution is 5.85. The fourth-order valence-corrected chi connectivity index (χ4v) is 7.35. The second kappa shape index (κ2) is 4.36. The maximum absolute atomic E-state index is 12.7. The van der Waals surface area contributed by atoms with Crippen molar-refractivity contribution in [2.24, 2.45) is 46.2 Å². The summed E-state index contributed by atoms with van der Waals surface area (Å²) in [5.41, 5.74) is 5.99. The number of primary amides is 1. The van der Waals surface area contributed by atoms with E-state index < -0.39 is 0 Å². The molecular formula is C19H29NO. The number of fused-ring (bicyclic) bond motifs is 9. The lowest BCUT2D eigenvalue weighted by atomic mass is 9.52. The van der Waals surface area contributed by atoms with E-state index in [1.807, 2.05) is 0 Å². The van der Waals surface area contributed by atoms with Crippen LogP contribution < -0.4 is 5.73 Å². The van der Waals surface area contributed by atoms with E-state index >= 15 is 0 Å². The molecule has 116 valence electrons. The van der Waals surface area contributed by atoms with Gasteiger partial charge in [-0.1, -0.05) is 45.3 Å². The molecule has 0 saturated heterocycles. The van der Waals surface area contributed by atoms with Crippen LogP contribution in [0.2, 0.25) is 0 Å². The van der Waals surface area contributed by atoms with Crippen LogP contribution in [0.4, 0.5) is 0 Å². The molecular weight excluding hydrogens is 258 g/mol. The van der Waals surface area contributed by atoms with Gasteiger partial charge in [0.25, 0.3) is 0 Å². The smallest absolute Gasteiger partial charge is 0.225 e. The SMILES string of the molecule is CCCCC1CC2CC1C1C3C=CC(CC)(C3)C21C(N)=O. The predicted octanol–water partition coefficient (Wildman–Crippen LogP) is 3.91. The van der Waals surface area contributed by atoms with Gasteiger partial charge in [0.15, 0.2) is 0 Å². The number of amides is 1. The van der Waals surface area contributed by atoms with Crippen LogP contribution in [0.5, 0.6) is 0 Å². The molecule has 0 heterocycles. The lowest BCUT2D eigenvalue weighted by Gasteiger charge is -2.50. The fourth-order valence-electron chi connectivity index (χ4n) is 7.35. The molecule has 1 amide bonds. The van der Waals surface area contributed by atoms with E-state index in [4.69, 9.17) is 5.73 Å². The van der Waals surface area contributed by atoms with Crippen molar-refractivity contribution in [3.63, 3.8) is 0 Å². The van der Waals surface area contributed by atoms with Gasteiger partial charge in [0.1, 0.15) is 0 Å². The summed E-state index contributed by atoms with van der Waals surface area (Å²) in [6.07, 6.45) is 13.7. The van der Waals surface area contributed by atoms with Crippen LogP contribution >= 0.6 is 0 Å². The molecule has 2 heteroatoms. The molecule has 0 spiro atoms. The van der Waals surface area contributed by atoms with E-state index in [9.17, 15) is 4.79 Å². The normalized spacial score (nSPS) is 52.6. The van der Waals surface area contributed by atoms with Gasteiger partial charge in [-0.25, -0.2) is 0 Å². The summed E-state index contributed by atoms with van der Waals surface area (Å²) >= 11 is 0. The van der Waals surface area contributed by atoms with E-state index in [0.717, 1.165) is 18.3 Å². The first-order valence-electron chi connectivity index (χ1n) is 9.10. The van der Waals surface area contributed by atoms with Gasteiger partial charge >= 0.3 is 0 Å². The van der Waals surface area contributed by atoms with Gasteiger partial charge < -0.3 is 5.73 Å². The monoisotopic (exact) mass is 287 g/mol. The lowest BCUT2D eigenvalue weighted by Crippen LogP contribution is -2.55. The van der Waals surface area contributed by atoms with E-state index in [2.05, 4.69) is 26.0 Å². The highest BCUT2D eigenvalue weighted by Crippen LogP contribution is 2.78. The van der Waals surface area contributed by atoms with Crippen molar-refractivity contribution in [3.05, 3.63) is 12.2 Å². The Morgan fingerprint density at radius 3 is 2.81 bits per heavy atom. The number of unbranched alkanes of at least 4 members (excludes halogenated alkanes) is 1. The van der Waals surface area contributed by atoms with E-state index in [1.165, 1.54) is 38.5 Å². The second-order valence-corrected chi connectivity index (χ2v) is 8.23. The van der Waals surface area contributed by atoms with Crippen LogP contribution in [-0.4, -0.2) is 5.91 Å². The van der Waals surface area contributed by atoms with Crippen LogP contribution in [-0.2, 0) is 4.79 Å². The maximum Gasteiger partial charge on any atom is 0.225 e. The lowest BCUT2D eigenvalue weighted by molar-refractivity contribution is -0.142. The maximum atomic E-state index is 12.7. The molecule has 0 aromatic carbocycles. The predicted molar refractivity (Wildman–Crippen MR) is 84.3 cm³/mol. The summed E-state index contributed by atoms with van der Waals surface area (Å²) < 4.78 is 0. The Hall–Kier alpha value is -0.790. The quantitative estimate of drug-likeness (QED) is 0.604. The zero-order valence-electron chi connectivity index (χ0n) is 13.5. The summed E-state index contributed by atoms with van der Waals surface area (Å²) in [5.74, 6) is 3.45. The number of carbonyl (C=O) groups excluding carboxylic acids is 1. The first-order valence-corrected chi connectivity index (χ1v) is 9.10. The highest BCUT2D eigenvalue weighted by Gasteiger charge is 2.76. The fraction of sp³-hybridized carbons (Fsp3) is 0.842. The van der Waals surface area contributed by atoms with Crippen LogP contribution in [0.1, 0.15) is 58.8 Å². The third-order valence-corrected chi connectivity index (χ3v) is 7.90. The molecule has 7 unspecified atom stereocenters. The molecule has 3 saturated carbocycles. The first kappa shape index (κ1) is 13.8. The van der Waals surface area contributed by atoms with E-state index in [0.29, 0.717) is 17.8 Å². The molecule has 2 N–H and O–H groups in total. The van der Waals surface area contributed by atoms with Gasteiger partial charge in [-0.05, 0) is 55.3 Å². The van der Waals surface area contributed by atoms with Crippen molar-refractivity contribution >= 4 is 5.91 Å². The van der Waals surface area contributed by atoms with Crippen molar-refractivity contribution in [1.29, 1.82) is 0 Å². The molecule has 7 atom stereocenters. The van der Waals surface area contributed by atoms with Crippen molar-refractivity contribution in [2.75, 3.05) is 0 Å². The summed E-state index contributed by atoms with van der Waals surface area (Å²) in [5, 5.41) is 0. The van der Waals surface area contributed by atoms with Crippen LogP contribution in [0, 0.1) is 40.4 Å². The molecule has 4 aliphatic rings. The Balaban J connectivity index is 1.73. The minimum atomic E-state index is -0.186. The summed E-state index contributed by atoms with van der Waals surface area (Å²) in [6, 6.07) is 0. The Kier molecular flexibility index (Phi) is 2.88. The van der Waals surface area contributed by atoms with Gasteiger partial charge in [0.2, 0.25) is 5.91 Å². The third kappa shape index (κ3) is 1.38. The number of rotatable bonds is 5. The Morgan fingerprint density at radius 1 is 1.33 bits per heavy atom. The van der Waals surface area contributed by atoms with Gasteiger partial charge in [-0.3, -0.25) is 4.79 Å². The van der Waals surface area contributed by atoms with Gasteiger partial charge in [-0.2, -0.15) is 0 Å². The van der Waals surface area contributed by atoms with Gasteiger partial charge in [0, 0.05) is 5.41 Å². The molecule has 21 heavy (non-hydrogen) atoms. The zero-order chi connectivity index (χ0) is 14.8. The largest absolute Gasteiger partial charge is 0.369 e. The third-order valence-electron chi connectivity index (χ3n) is 7.90. The Labute approximate surface area is 128 Å². The van der Waals surface area contributed by atoms with E-state index in [1.54, 1.807) is 0 Å². The Bertz CT molecular complexity index is 498. The number of nitrogens with two attached hydrogens (primary N) is 1. The number of carbonyl (C=O) groups is 1. The molecule has 3 fully saturated rings. The average Bonchev–Trinajstić information content (AvgIpc) is 3.20. The molecule has 4 rings (SSSR count). The van der Waals surface area contributed by atoms with Gasteiger partial charge in [0.05, 0.1) is 5.41 Å². The molecule has 0 aliphatic heterocycles. The van der Waals surface area contributed by atoms with Crippen LogP contribution in [0.25, 0.3) is 0 Å². The summed E-state index contributed by atoms with van der Waals surface area (Å²) in [7, 11) is 0. The first-order chi connectivity index (χ1) is 10.1. The van der Waals surface area contributed by atoms with Crippen LogP contribution in [0.15, 0.2) is 12.2 Å². The van der Waals surface area contributed by atoms with Gasteiger partial charge in [-0.15, -0.1) is 0 Å². The highest BCUT2D eigenvalue weighted by atomic mass is 16.1. The molecule has 0 radical (unpaired) electrons. The number of hydrogen-bond donors (Lipinski definition) is 1. The van der Waals surface area contributed by atoms with Crippen molar-refractivity contribution in [2.45, 2.75) is 58.8 Å².